The summed E-state index contributed by atoms with van der Waals surface area (Å²) in [6, 6.07) is 0. The Labute approximate surface area is 76.9 Å². The Morgan fingerprint density at radius 2 is 1.23 bits per heavy atom. The van der Waals surface area contributed by atoms with Crippen LogP contribution in [0.4, 0.5) is 0 Å². The molecule has 0 atom stereocenters. The first-order valence-electron chi connectivity index (χ1n) is 4.26. The quantitative estimate of drug-likeness (QED) is 0.445. The van der Waals surface area contributed by atoms with E-state index in [9.17, 15) is 0 Å². The van der Waals surface area contributed by atoms with Crippen LogP contribution in [0, 0.1) is 0 Å². The van der Waals surface area contributed by atoms with Crippen molar-refractivity contribution in [1.82, 2.24) is 0 Å². The standard InChI is InChI=1S/C7H12.C2H2O4/c1-2-4-6-7-5-3-1;3-1(4)2(5)6/h1-2H,3-7H2;(H,3,4)(H,5,6). The molecule has 0 radical (unpaired) electrons. The first kappa shape index (κ1) is 11.7. The fourth-order valence-electron chi connectivity index (χ4n) is 0.937. The van der Waals surface area contributed by atoms with Gasteiger partial charge < -0.3 is 10.2 Å². The van der Waals surface area contributed by atoms with E-state index in [1.165, 1.54) is 32.1 Å². The molecular weight excluding hydrogens is 172 g/mol. The molecule has 0 aromatic carbocycles. The fraction of sp³-hybridized carbons (Fsp3) is 0.556. The Morgan fingerprint density at radius 1 is 0.846 bits per heavy atom. The van der Waals surface area contributed by atoms with Crippen LogP contribution in [-0.4, -0.2) is 22.2 Å². The van der Waals surface area contributed by atoms with Gasteiger partial charge in [-0.15, -0.1) is 0 Å². The smallest absolute Gasteiger partial charge is 0.414 e. The molecule has 0 aliphatic heterocycles. The number of rotatable bonds is 0. The van der Waals surface area contributed by atoms with Crippen LogP contribution in [0.15, 0.2) is 12.2 Å². The number of hydrogen-bond donors (Lipinski definition) is 2. The summed E-state index contributed by atoms with van der Waals surface area (Å²) in [5.74, 6) is -3.65. The number of aliphatic carboxylic acids is 2. The lowest BCUT2D eigenvalue weighted by molar-refractivity contribution is -0.159. The molecule has 2 N–H and O–H groups in total. The van der Waals surface area contributed by atoms with Crippen molar-refractivity contribution in [2.24, 2.45) is 0 Å². The Kier molecular flexibility index (Phi) is 6.59. The molecule has 0 aromatic heterocycles. The molecule has 0 amide bonds. The zero-order valence-corrected chi connectivity index (χ0v) is 7.40. The van der Waals surface area contributed by atoms with Crippen molar-refractivity contribution in [3.8, 4) is 0 Å². The van der Waals surface area contributed by atoms with Gasteiger partial charge in [-0.25, -0.2) is 9.59 Å². The third-order valence-electron chi connectivity index (χ3n) is 1.59. The van der Waals surface area contributed by atoms with E-state index >= 15 is 0 Å². The van der Waals surface area contributed by atoms with Gasteiger partial charge in [0.1, 0.15) is 0 Å². The highest BCUT2D eigenvalue weighted by Crippen LogP contribution is 2.08. The molecule has 0 spiro atoms. The van der Waals surface area contributed by atoms with Crippen molar-refractivity contribution in [3.63, 3.8) is 0 Å². The minimum Gasteiger partial charge on any atom is -0.473 e. The van der Waals surface area contributed by atoms with E-state index in [2.05, 4.69) is 12.2 Å². The molecule has 0 aromatic rings. The molecule has 4 nitrogen and oxygen atoms in total. The van der Waals surface area contributed by atoms with Gasteiger partial charge in [-0.2, -0.15) is 0 Å². The number of carboxylic acids is 2. The number of carbonyl (C=O) groups is 2. The van der Waals surface area contributed by atoms with Crippen LogP contribution in [0.1, 0.15) is 32.1 Å². The van der Waals surface area contributed by atoms with Crippen molar-refractivity contribution in [2.75, 3.05) is 0 Å². The highest BCUT2D eigenvalue weighted by atomic mass is 16.4. The third kappa shape index (κ3) is 8.59. The van der Waals surface area contributed by atoms with Gasteiger partial charge in [0.25, 0.3) is 0 Å². The molecule has 0 unspecified atom stereocenters. The molecule has 1 rings (SSSR count). The van der Waals surface area contributed by atoms with Gasteiger partial charge in [0, 0.05) is 0 Å². The van der Waals surface area contributed by atoms with E-state index in [0.29, 0.717) is 0 Å². The molecule has 0 bridgehead atoms. The van der Waals surface area contributed by atoms with Crippen molar-refractivity contribution < 1.29 is 19.8 Å². The fourth-order valence-corrected chi connectivity index (χ4v) is 0.937. The monoisotopic (exact) mass is 186 g/mol. The SMILES string of the molecule is C1=CCCCCC1.O=C(O)C(=O)O. The van der Waals surface area contributed by atoms with Gasteiger partial charge >= 0.3 is 11.9 Å². The van der Waals surface area contributed by atoms with Crippen molar-refractivity contribution in [2.45, 2.75) is 32.1 Å². The summed E-state index contributed by atoms with van der Waals surface area (Å²) < 4.78 is 0. The molecule has 1 aliphatic carbocycles. The van der Waals surface area contributed by atoms with Crippen LogP contribution < -0.4 is 0 Å². The second kappa shape index (κ2) is 7.34. The van der Waals surface area contributed by atoms with Crippen LogP contribution >= 0.6 is 0 Å². The zero-order chi connectivity index (χ0) is 10.1. The van der Waals surface area contributed by atoms with Crippen molar-refractivity contribution in [1.29, 1.82) is 0 Å². The highest BCUT2D eigenvalue weighted by molar-refractivity contribution is 6.27. The van der Waals surface area contributed by atoms with Gasteiger partial charge in [0.15, 0.2) is 0 Å². The summed E-state index contributed by atoms with van der Waals surface area (Å²) in [5, 5.41) is 14.8. The minimum atomic E-state index is -1.82. The normalized spacial score (nSPS) is 15.1. The van der Waals surface area contributed by atoms with Gasteiger partial charge in [-0.05, 0) is 25.7 Å². The summed E-state index contributed by atoms with van der Waals surface area (Å²) in [4.78, 5) is 18.2. The van der Waals surface area contributed by atoms with E-state index in [1.807, 2.05) is 0 Å². The summed E-state index contributed by atoms with van der Waals surface area (Å²) in [6.45, 7) is 0. The largest absolute Gasteiger partial charge is 0.473 e. The van der Waals surface area contributed by atoms with Crippen LogP contribution in [-0.2, 0) is 9.59 Å². The lowest BCUT2D eigenvalue weighted by atomic mass is 10.2. The van der Waals surface area contributed by atoms with Crippen LogP contribution in [0.2, 0.25) is 0 Å². The summed E-state index contributed by atoms with van der Waals surface area (Å²) >= 11 is 0. The second-order valence-electron chi connectivity index (χ2n) is 2.72. The number of carboxylic acid groups (broad SMARTS) is 2. The maximum absolute atomic E-state index is 9.10. The van der Waals surface area contributed by atoms with Gasteiger partial charge in [-0.1, -0.05) is 18.6 Å². The summed E-state index contributed by atoms with van der Waals surface area (Å²) in [6.07, 6.45) is 11.5. The van der Waals surface area contributed by atoms with Crippen molar-refractivity contribution >= 4 is 11.9 Å². The molecule has 13 heavy (non-hydrogen) atoms. The molecule has 0 fully saturated rings. The van der Waals surface area contributed by atoms with E-state index in [0.717, 1.165) is 0 Å². The highest BCUT2D eigenvalue weighted by Gasteiger charge is 2.04. The van der Waals surface area contributed by atoms with E-state index < -0.39 is 11.9 Å². The zero-order valence-electron chi connectivity index (χ0n) is 7.40. The molecule has 0 saturated heterocycles. The molecule has 0 saturated carbocycles. The Morgan fingerprint density at radius 3 is 1.54 bits per heavy atom. The lowest BCUT2D eigenvalue weighted by Crippen LogP contribution is -2.09. The Bertz CT molecular complexity index is 176. The van der Waals surface area contributed by atoms with E-state index in [1.54, 1.807) is 0 Å². The number of allylic oxidation sites excluding steroid dienone is 2. The Balaban J connectivity index is 0.000000226. The molecule has 0 heterocycles. The average Bonchev–Trinajstić information content (AvgIpc) is 2.35. The first-order valence-corrected chi connectivity index (χ1v) is 4.26. The predicted octanol–water partition coefficient (Wildman–Crippen LogP) is 1.66. The number of hydrogen-bond acceptors (Lipinski definition) is 2. The van der Waals surface area contributed by atoms with Gasteiger partial charge in [-0.3, -0.25) is 0 Å². The Hall–Kier alpha value is -1.32. The van der Waals surface area contributed by atoms with E-state index in [4.69, 9.17) is 19.8 Å². The van der Waals surface area contributed by atoms with Gasteiger partial charge in [0.2, 0.25) is 0 Å². The molecular formula is C9H14O4. The van der Waals surface area contributed by atoms with Gasteiger partial charge in [0.05, 0.1) is 0 Å². The van der Waals surface area contributed by atoms with E-state index in [-0.39, 0.29) is 0 Å². The predicted molar refractivity (Wildman–Crippen MR) is 47.5 cm³/mol. The maximum Gasteiger partial charge on any atom is 0.414 e. The molecule has 4 heteroatoms. The van der Waals surface area contributed by atoms with Crippen LogP contribution in [0.3, 0.4) is 0 Å². The second-order valence-corrected chi connectivity index (χ2v) is 2.72. The van der Waals surface area contributed by atoms with Crippen molar-refractivity contribution in [3.05, 3.63) is 12.2 Å². The lowest BCUT2D eigenvalue weighted by Gasteiger charge is -1.86. The van der Waals surface area contributed by atoms with Crippen LogP contribution in [0.25, 0.3) is 0 Å². The first-order chi connectivity index (χ1) is 6.14. The summed E-state index contributed by atoms with van der Waals surface area (Å²) in [5.41, 5.74) is 0. The maximum atomic E-state index is 9.10. The third-order valence-corrected chi connectivity index (χ3v) is 1.59. The average molecular weight is 186 g/mol. The summed E-state index contributed by atoms with van der Waals surface area (Å²) in [7, 11) is 0. The minimum absolute atomic E-state index is 1.32. The molecule has 1 aliphatic rings. The topological polar surface area (TPSA) is 74.6 Å². The molecule has 74 valence electrons. The van der Waals surface area contributed by atoms with Crippen LogP contribution in [0.5, 0.6) is 0 Å².